The van der Waals surface area contributed by atoms with Crippen molar-refractivity contribution in [3.8, 4) is 11.5 Å². The molecule has 0 spiro atoms. The van der Waals surface area contributed by atoms with Crippen molar-refractivity contribution in [3.63, 3.8) is 0 Å². The van der Waals surface area contributed by atoms with Gasteiger partial charge in [-0.15, -0.1) is 0 Å². The van der Waals surface area contributed by atoms with Gasteiger partial charge in [0.2, 0.25) is 0 Å². The number of rotatable bonds is 6. The van der Waals surface area contributed by atoms with E-state index in [9.17, 15) is 0 Å². The molecular formula is C20H16Cl6N2O2. The summed E-state index contributed by atoms with van der Waals surface area (Å²) in [6, 6.07) is 11.8. The normalized spacial score (nSPS) is 10.4. The highest BCUT2D eigenvalue weighted by Gasteiger charge is 2.15. The van der Waals surface area contributed by atoms with Crippen LogP contribution in [0.5, 0.6) is 11.5 Å². The SMILES string of the molecule is Clc1cc(Cl)c(Oc2c(Cl)cc(Cl)cc2Cl)c(Cl)c1.OCCNCc1ccccn1. The molecule has 2 N–H and O–H groups in total. The Kier molecular flexibility index (Phi) is 10.8. The van der Waals surface area contributed by atoms with E-state index in [1.54, 1.807) is 6.20 Å². The van der Waals surface area contributed by atoms with Gasteiger partial charge in [0.15, 0.2) is 11.5 Å². The number of nitrogens with zero attached hydrogens (tertiary/aromatic N) is 1. The smallest absolute Gasteiger partial charge is 0.164 e. The molecule has 160 valence electrons. The zero-order valence-corrected chi connectivity index (χ0v) is 19.8. The van der Waals surface area contributed by atoms with Crippen molar-refractivity contribution >= 4 is 69.6 Å². The molecule has 3 aromatic rings. The number of benzene rings is 2. The van der Waals surface area contributed by atoms with Crippen molar-refractivity contribution in [2.75, 3.05) is 13.2 Å². The number of nitrogens with one attached hydrogen (secondary N) is 1. The standard InChI is InChI=1S/C12H4Cl6O.C8H12N2O/c13-5-1-7(15)11(8(16)2-5)19-12-9(17)3-6(14)4-10(12)18;11-6-5-9-7-8-3-1-2-4-10-8/h1-4H;1-4,9,11H,5-7H2. The Bertz CT molecular complexity index is 871. The van der Waals surface area contributed by atoms with Crippen LogP contribution < -0.4 is 10.1 Å². The quantitative estimate of drug-likeness (QED) is 0.324. The topological polar surface area (TPSA) is 54.4 Å². The Morgan fingerprint density at radius 2 is 1.30 bits per heavy atom. The van der Waals surface area contributed by atoms with Gasteiger partial charge in [-0.3, -0.25) is 4.98 Å². The third-order valence-corrected chi connectivity index (χ3v) is 5.01. The molecule has 1 aromatic heterocycles. The Morgan fingerprint density at radius 1 is 0.800 bits per heavy atom. The van der Waals surface area contributed by atoms with Crippen LogP contribution >= 0.6 is 69.6 Å². The molecule has 10 heteroatoms. The van der Waals surface area contributed by atoms with E-state index in [0.717, 1.165) is 12.2 Å². The summed E-state index contributed by atoms with van der Waals surface area (Å²) in [6.07, 6.45) is 1.76. The highest BCUT2D eigenvalue weighted by Crippen LogP contribution is 2.44. The molecule has 0 aliphatic heterocycles. The molecule has 0 saturated heterocycles. The summed E-state index contributed by atoms with van der Waals surface area (Å²) in [5, 5.41) is 13.3. The zero-order valence-electron chi connectivity index (χ0n) is 15.3. The number of hydrogen-bond acceptors (Lipinski definition) is 4. The van der Waals surface area contributed by atoms with E-state index in [1.807, 2.05) is 18.2 Å². The molecule has 1 heterocycles. The second kappa shape index (κ2) is 12.8. The molecule has 3 rings (SSSR count). The lowest BCUT2D eigenvalue weighted by atomic mass is 10.3. The van der Waals surface area contributed by atoms with Crippen LogP contribution in [0.2, 0.25) is 30.1 Å². The first-order valence-corrected chi connectivity index (χ1v) is 10.8. The van der Waals surface area contributed by atoms with E-state index in [2.05, 4.69) is 10.3 Å². The second-order valence-corrected chi connectivity index (χ2v) is 8.22. The number of aliphatic hydroxyl groups is 1. The number of hydrogen-bond donors (Lipinski definition) is 2. The number of aromatic nitrogens is 1. The molecule has 0 radical (unpaired) electrons. The average molecular weight is 529 g/mol. The summed E-state index contributed by atoms with van der Waals surface area (Å²) in [4.78, 5) is 4.11. The largest absolute Gasteiger partial charge is 0.451 e. The van der Waals surface area contributed by atoms with Gasteiger partial charge in [0.05, 0.1) is 32.4 Å². The summed E-state index contributed by atoms with van der Waals surface area (Å²) in [6.45, 7) is 1.52. The van der Waals surface area contributed by atoms with E-state index in [0.29, 0.717) is 16.6 Å². The average Bonchev–Trinajstić information content (AvgIpc) is 2.68. The maximum Gasteiger partial charge on any atom is 0.164 e. The summed E-state index contributed by atoms with van der Waals surface area (Å²) >= 11 is 35.7. The van der Waals surface area contributed by atoms with E-state index >= 15 is 0 Å². The molecule has 0 unspecified atom stereocenters. The number of pyridine rings is 1. The highest BCUT2D eigenvalue weighted by molar-refractivity contribution is 6.41. The van der Waals surface area contributed by atoms with Crippen molar-refractivity contribution < 1.29 is 9.84 Å². The molecular weight excluding hydrogens is 513 g/mol. The van der Waals surface area contributed by atoms with Gasteiger partial charge in [-0.2, -0.15) is 0 Å². The fraction of sp³-hybridized carbons (Fsp3) is 0.150. The van der Waals surface area contributed by atoms with Gasteiger partial charge in [0.25, 0.3) is 0 Å². The van der Waals surface area contributed by atoms with Crippen molar-refractivity contribution in [2.45, 2.75) is 6.54 Å². The zero-order chi connectivity index (χ0) is 22.1. The van der Waals surface area contributed by atoms with E-state index < -0.39 is 0 Å². The fourth-order valence-corrected chi connectivity index (χ4v) is 3.94. The van der Waals surface area contributed by atoms with E-state index in [1.165, 1.54) is 24.3 Å². The lowest BCUT2D eigenvalue weighted by molar-refractivity contribution is 0.291. The Labute approximate surface area is 204 Å². The van der Waals surface area contributed by atoms with Gasteiger partial charge >= 0.3 is 0 Å². The first-order valence-electron chi connectivity index (χ1n) is 8.50. The Hall–Kier alpha value is -0.950. The molecule has 0 atom stereocenters. The molecule has 30 heavy (non-hydrogen) atoms. The minimum atomic E-state index is 0.173. The van der Waals surface area contributed by atoms with Gasteiger partial charge in [0.1, 0.15) is 0 Å². The molecule has 0 amide bonds. The summed E-state index contributed by atoms with van der Waals surface area (Å²) in [7, 11) is 0. The van der Waals surface area contributed by atoms with E-state index in [-0.39, 0.29) is 38.2 Å². The van der Waals surface area contributed by atoms with Crippen LogP contribution in [-0.2, 0) is 6.54 Å². The van der Waals surface area contributed by atoms with E-state index in [4.69, 9.17) is 79.4 Å². The van der Waals surface area contributed by atoms with Crippen LogP contribution in [0.4, 0.5) is 0 Å². The number of aliphatic hydroxyl groups excluding tert-OH is 1. The van der Waals surface area contributed by atoms with Crippen molar-refractivity contribution in [3.05, 3.63) is 84.5 Å². The molecule has 0 bridgehead atoms. The van der Waals surface area contributed by atoms with Gasteiger partial charge in [-0.1, -0.05) is 75.7 Å². The first kappa shape index (κ1) is 25.3. The third kappa shape index (κ3) is 7.95. The van der Waals surface area contributed by atoms with Crippen molar-refractivity contribution in [1.29, 1.82) is 0 Å². The lowest BCUT2D eigenvalue weighted by Gasteiger charge is -2.12. The summed E-state index contributed by atoms with van der Waals surface area (Å²) in [5.41, 5.74) is 1.00. The van der Waals surface area contributed by atoms with Crippen LogP contribution in [0.1, 0.15) is 5.69 Å². The predicted octanol–water partition coefficient (Wildman–Crippen LogP) is 7.56. The van der Waals surface area contributed by atoms with Crippen LogP contribution in [0.15, 0.2) is 48.7 Å². The Morgan fingerprint density at radius 3 is 1.70 bits per heavy atom. The monoisotopic (exact) mass is 526 g/mol. The van der Waals surface area contributed by atoms with Gasteiger partial charge in [-0.25, -0.2) is 0 Å². The molecule has 0 saturated carbocycles. The minimum absolute atomic E-state index is 0.173. The Balaban J connectivity index is 0.000000248. The maximum absolute atomic E-state index is 8.46. The van der Waals surface area contributed by atoms with Gasteiger partial charge in [-0.05, 0) is 36.4 Å². The van der Waals surface area contributed by atoms with Crippen LogP contribution in [0.3, 0.4) is 0 Å². The molecule has 0 fully saturated rings. The van der Waals surface area contributed by atoms with Crippen LogP contribution in [-0.4, -0.2) is 23.2 Å². The summed E-state index contributed by atoms with van der Waals surface area (Å²) in [5.74, 6) is 0.442. The van der Waals surface area contributed by atoms with Gasteiger partial charge in [0, 0.05) is 29.3 Å². The fourth-order valence-electron chi connectivity index (χ4n) is 2.15. The van der Waals surface area contributed by atoms with Crippen molar-refractivity contribution in [2.24, 2.45) is 0 Å². The lowest BCUT2D eigenvalue weighted by Crippen LogP contribution is -2.17. The molecule has 2 aromatic carbocycles. The molecule has 0 aliphatic carbocycles. The molecule has 4 nitrogen and oxygen atoms in total. The van der Waals surface area contributed by atoms with Crippen LogP contribution in [0.25, 0.3) is 0 Å². The first-order chi connectivity index (χ1) is 14.3. The van der Waals surface area contributed by atoms with Crippen molar-refractivity contribution in [1.82, 2.24) is 10.3 Å². The van der Waals surface area contributed by atoms with Crippen LogP contribution in [0, 0.1) is 0 Å². The number of ether oxygens (including phenoxy) is 1. The second-order valence-electron chi connectivity index (χ2n) is 5.72. The predicted molar refractivity (Wildman–Crippen MR) is 126 cm³/mol. The highest BCUT2D eigenvalue weighted by atomic mass is 35.5. The van der Waals surface area contributed by atoms with Gasteiger partial charge < -0.3 is 15.2 Å². The third-order valence-electron chi connectivity index (χ3n) is 3.45. The number of halogens is 6. The molecule has 0 aliphatic rings. The maximum atomic E-state index is 8.46. The summed E-state index contributed by atoms with van der Waals surface area (Å²) < 4.78 is 5.57. The minimum Gasteiger partial charge on any atom is -0.451 e.